The van der Waals surface area contributed by atoms with Crippen molar-refractivity contribution in [2.24, 2.45) is 9.98 Å². The second kappa shape index (κ2) is 25.7. The van der Waals surface area contributed by atoms with E-state index in [2.05, 4.69) is 31.3 Å². The van der Waals surface area contributed by atoms with E-state index in [0.29, 0.717) is 84.7 Å². The molecule has 0 aliphatic carbocycles. The molecule has 0 fully saturated rings. The number of carbonyl (C=O) groups is 6. The molecule has 4 N–H and O–H groups in total. The molecule has 16 heteroatoms. The van der Waals surface area contributed by atoms with Crippen LogP contribution >= 0.6 is 0 Å². The molecule has 0 spiro atoms. The van der Waals surface area contributed by atoms with E-state index < -0.39 is 24.0 Å². The van der Waals surface area contributed by atoms with Crippen LogP contribution in [0.4, 0.5) is 21.0 Å². The van der Waals surface area contributed by atoms with Gasteiger partial charge in [0.15, 0.2) is 0 Å². The van der Waals surface area contributed by atoms with E-state index in [0.717, 1.165) is 25.7 Å². The molecule has 0 radical (unpaired) electrons. The number of amidine groups is 2. The lowest BCUT2D eigenvalue weighted by Gasteiger charge is -2.23. The van der Waals surface area contributed by atoms with Gasteiger partial charge >= 0.3 is 24.0 Å². The Morgan fingerprint density at radius 1 is 0.500 bits per heavy atom. The molecule has 3 aromatic rings. The van der Waals surface area contributed by atoms with Crippen LogP contribution in [0.1, 0.15) is 99.1 Å². The molecule has 60 heavy (non-hydrogen) atoms. The van der Waals surface area contributed by atoms with Crippen molar-refractivity contribution in [2.45, 2.75) is 67.2 Å². The third kappa shape index (κ3) is 15.0. The minimum atomic E-state index is -0.513. The van der Waals surface area contributed by atoms with Gasteiger partial charge in [-0.25, -0.2) is 9.59 Å². The molecule has 0 saturated carbocycles. The quantitative estimate of drug-likeness (QED) is 0.0430. The third-order valence-corrected chi connectivity index (χ3v) is 8.75. The van der Waals surface area contributed by atoms with Gasteiger partial charge in [0.2, 0.25) is 0 Å². The zero-order valence-electron chi connectivity index (χ0n) is 35.5. The Hall–Kier alpha value is -6.58. The lowest BCUT2D eigenvalue weighted by molar-refractivity contribution is -0.143. The van der Waals surface area contributed by atoms with Crippen LogP contribution in [0.5, 0.6) is 0 Å². The first-order valence-electron chi connectivity index (χ1n) is 20.4. The van der Waals surface area contributed by atoms with Crippen LogP contribution in [-0.4, -0.2) is 110 Å². The van der Waals surface area contributed by atoms with Crippen molar-refractivity contribution in [3.05, 3.63) is 95.1 Å². The summed E-state index contributed by atoms with van der Waals surface area (Å²) in [4.78, 5) is 88.2. The fourth-order valence-electron chi connectivity index (χ4n) is 5.58. The van der Waals surface area contributed by atoms with Crippen molar-refractivity contribution in [1.29, 1.82) is 0 Å². The van der Waals surface area contributed by atoms with Crippen LogP contribution in [0.3, 0.4) is 0 Å². The van der Waals surface area contributed by atoms with Gasteiger partial charge in [-0.1, -0.05) is 26.7 Å². The number of carbonyl (C=O) groups excluding carboxylic acids is 6. The molecule has 0 unspecified atom stereocenters. The van der Waals surface area contributed by atoms with Gasteiger partial charge in [-0.2, -0.15) is 0 Å². The average Bonchev–Trinajstić information content (AvgIpc) is 3.25. The number of anilines is 2. The van der Waals surface area contributed by atoms with Crippen LogP contribution in [0.25, 0.3) is 0 Å². The van der Waals surface area contributed by atoms with E-state index >= 15 is 0 Å². The van der Waals surface area contributed by atoms with Gasteiger partial charge in [0, 0.05) is 59.8 Å². The summed E-state index contributed by atoms with van der Waals surface area (Å²) in [6.45, 7) is 12.8. The van der Waals surface area contributed by atoms with Crippen LogP contribution in [0, 0.1) is 0 Å². The highest BCUT2D eigenvalue weighted by molar-refractivity contribution is 6.10. The number of unbranched alkanes of at least 4 members (excludes halogenated alkanes) is 2. The number of nitrogens with one attached hydrogen (secondary N) is 4. The molecule has 0 aliphatic rings. The van der Waals surface area contributed by atoms with Crippen LogP contribution in [-0.2, 0) is 19.1 Å². The van der Waals surface area contributed by atoms with Crippen molar-refractivity contribution in [2.75, 3.05) is 63.1 Å². The molecule has 322 valence electrons. The summed E-state index contributed by atoms with van der Waals surface area (Å²) in [6, 6.07) is 19.0. The fourth-order valence-corrected chi connectivity index (χ4v) is 5.58. The Balaban J connectivity index is 1.60. The molecule has 6 amide bonds. The minimum absolute atomic E-state index is 0.260. The zero-order valence-corrected chi connectivity index (χ0v) is 35.5. The maximum atomic E-state index is 13.1. The van der Waals surface area contributed by atoms with Crippen LogP contribution in [0.2, 0.25) is 0 Å². The standard InChI is InChI=1S/C44H58N8O8/c1-7-13-27-59-37(53)29-47-43(57)51(11-5)39(45-9-3)31-19-23-35(24-20-31)49-41(55)33-15-17-34(18-16-33)42(56)50-36-25-21-32(22-26-36)40(46-10-4)52(12-6)44(58)48-30-38(54)60-28-14-8-2/h15-26H,7-14,27-30H2,1-6H3,(H,47,57)(H,48,58)(H,49,55)(H,50,56). The van der Waals surface area contributed by atoms with Gasteiger partial charge in [-0.15, -0.1) is 0 Å². The molecule has 0 saturated heterocycles. The van der Waals surface area contributed by atoms with Crippen LogP contribution < -0.4 is 21.3 Å². The summed E-state index contributed by atoms with van der Waals surface area (Å²) in [5.41, 5.74) is 2.95. The Morgan fingerprint density at radius 2 is 0.833 bits per heavy atom. The van der Waals surface area contributed by atoms with Gasteiger partial charge in [-0.3, -0.25) is 39.0 Å². The largest absolute Gasteiger partial charge is 0.464 e. The predicted molar refractivity (Wildman–Crippen MR) is 233 cm³/mol. The highest BCUT2D eigenvalue weighted by Crippen LogP contribution is 2.17. The molecule has 16 nitrogen and oxygen atoms in total. The third-order valence-electron chi connectivity index (χ3n) is 8.75. The summed E-state index contributed by atoms with van der Waals surface area (Å²) in [5.74, 6) is -0.978. The second-order valence-electron chi connectivity index (χ2n) is 13.2. The summed E-state index contributed by atoms with van der Waals surface area (Å²) >= 11 is 0. The van der Waals surface area contributed by atoms with Gasteiger partial charge in [0.1, 0.15) is 24.8 Å². The number of esters is 2. The number of hydrogen-bond acceptors (Lipinski definition) is 10. The Kier molecular flexibility index (Phi) is 20.5. The summed E-state index contributed by atoms with van der Waals surface area (Å²) in [7, 11) is 0. The molecular weight excluding hydrogens is 769 g/mol. The lowest BCUT2D eigenvalue weighted by atomic mass is 10.1. The summed E-state index contributed by atoms with van der Waals surface area (Å²) in [5, 5.41) is 10.9. The minimum Gasteiger partial charge on any atom is -0.464 e. The second-order valence-corrected chi connectivity index (χ2v) is 13.2. The Labute approximate surface area is 352 Å². The molecule has 0 bridgehead atoms. The van der Waals surface area contributed by atoms with Gasteiger partial charge in [-0.05, 0) is 113 Å². The normalized spacial score (nSPS) is 11.2. The number of hydrogen-bond donors (Lipinski definition) is 4. The first-order valence-corrected chi connectivity index (χ1v) is 20.4. The van der Waals surface area contributed by atoms with E-state index in [-0.39, 0.29) is 24.9 Å². The fraction of sp³-hybridized carbons (Fsp3) is 0.409. The predicted octanol–water partition coefficient (Wildman–Crippen LogP) is 6.47. The van der Waals surface area contributed by atoms with E-state index in [1.807, 2.05) is 27.7 Å². The maximum Gasteiger partial charge on any atom is 0.325 e. The number of nitrogens with zero attached hydrogens (tertiary/aromatic N) is 4. The van der Waals surface area contributed by atoms with Crippen molar-refractivity contribution in [3.63, 3.8) is 0 Å². The van der Waals surface area contributed by atoms with E-state index in [1.165, 1.54) is 9.80 Å². The van der Waals surface area contributed by atoms with Crippen molar-refractivity contribution >= 4 is 58.9 Å². The Bertz CT molecular complexity index is 1810. The Morgan fingerprint density at radius 3 is 1.13 bits per heavy atom. The number of amides is 6. The van der Waals surface area contributed by atoms with E-state index in [9.17, 15) is 28.8 Å². The molecule has 3 rings (SSSR count). The molecule has 0 heterocycles. The highest BCUT2D eigenvalue weighted by atomic mass is 16.5. The number of rotatable bonds is 20. The van der Waals surface area contributed by atoms with Gasteiger partial charge in [0.25, 0.3) is 11.8 Å². The molecule has 3 aromatic carbocycles. The van der Waals surface area contributed by atoms with Crippen molar-refractivity contribution in [1.82, 2.24) is 20.4 Å². The molecular formula is C44H58N8O8. The van der Waals surface area contributed by atoms with Crippen molar-refractivity contribution < 1.29 is 38.2 Å². The molecule has 0 atom stereocenters. The van der Waals surface area contributed by atoms with E-state index in [4.69, 9.17) is 9.47 Å². The first kappa shape index (κ1) is 47.8. The smallest absolute Gasteiger partial charge is 0.325 e. The SMILES string of the molecule is CCCCOC(=O)CNC(=O)N(CC)C(=NCC)c1ccc(NC(=O)c2ccc(C(=O)Nc3ccc(C(=NCC)N(CC)C(=O)NCC(=O)OCCCC)cc3)cc2)cc1. The first-order chi connectivity index (χ1) is 29.0. The zero-order chi connectivity index (χ0) is 43.9. The topological polar surface area (TPSA) is 200 Å². The molecule has 0 aromatic heterocycles. The monoisotopic (exact) mass is 826 g/mol. The number of ether oxygens (including phenoxy) is 2. The van der Waals surface area contributed by atoms with E-state index in [1.54, 1.807) is 86.6 Å². The van der Waals surface area contributed by atoms with Crippen LogP contribution in [0.15, 0.2) is 82.8 Å². The van der Waals surface area contributed by atoms with Crippen molar-refractivity contribution in [3.8, 4) is 0 Å². The summed E-state index contributed by atoms with van der Waals surface area (Å²) in [6.07, 6.45) is 3.28. The summed E-state index contributed by atoms with van der Waals surface area (Å²) < 4.78 is 10.2. The molecule has 0 aliphatic heterocycles. The average molecular weight is 827 g/mol. The highest BCUT2D eigenvalue weighted by Gasteiger charge is 2.22. The maximum absolute atomic E-state index is 13.1. The number of benzene rings is 3. The number of urea groups is 2. The number of aliphatic imine (C=N–C) groups is 2. The van der Waals surface area contributed by atoms with Gasteiger partial charge in [0.05, 0.1) is 13.2 Å². The lowest BCUT2D eigenvalue weighted by Crippen LogP contribution is -2.46. The van der Waals surface area contributed by atoms with Gasteiger partial charge < -0.3 is 30.7 Å².